The number of unbranched alkanes of at least 4 members (excludes halogenated alkanes) is 1. The molecule has 0 aliphatic carbocycles. The van der Waals surface area contributed by atoms with Gasteiger partial charge in [0.15, 0.2) is 0 Å². The highest BCUT2D eigenvalue weighted by Crippen LogP contribution is 2.37. The van der Waals surface area contributed by atoms with Crippen molar-refractivity contribution in [2.45, 2.75) is 94.9 Å². The Balaban J connectivity index is 1.81. The van der Waals surface area contributed by atoms with Gasteiger partial charge in [-0.1, -0.05) is 42.5 Å². The molecule has 7 amide bonds. The molecule has 20 heteroatoms. The van der Waals surface area contributed by atoms with E-state index in [0.717, 1.165) is 0 Å². The van der Waals surface area contributed by atoms with E-state index in [2.05, 4.69) is 25.8 Å². The first kappa shape index (κ1) is 45.0. The molecule has 2 aromatic rings. The number of carbonyl (C=O) groups is 7. The van der Waals surface area contributed by atoms with Crippen molar-refractivity contribution in [1.82, 2.24) is 26.2 Å². The quantitative estimate of drug-likeness (QED) is 0.0500. The Kier molecular flexibility index (Phi) is 17.4. The van der Waals surface area contributed by atoms with Gasteiger partial charge in [-0.05, 0) is 68.3 Å². The summed E-state index contributed by atoms with van der Waals surface area (Å²) in [5.41, 5.74) is 17.6. The number of amides is 7. The lowest BCUT2D eigenvalue weighted by Gasteiger charge is -2.31. The number of nitrogens with two attached hydrogens (primary N) is 3. The largest absolute Gasteiger partial charge is 0.524 e. The van der Waals surface area contributed by atoms with E-state index >= 15 is 0 Å². The zero-order valence-electron chi connectivity index (χ0n) is 31.1. The van der Waals surface area contributed by atoms with Gasteiger partial charge in [0.25, 0.3) is 0 Å². The second-order valence-corrected chi connectivity index (χ2v) is 14.6. The summed E-state index contributed by atoms with van der Waals surface area (Å²) in [7, 11) is -4.80. The number of nitrogens with zero attached hydrogens (tertiary/aromatic N) is 1. The molecule has 56 heavy (non-hydrogen) atoms. The van der Waals surface area contributed by atoms with Crippen LogP contribution in [0, 0.1) is 0 Å². The highest BCUT2D eigenvalue weighted by Gasteiger charge is 2.39. The van der Waals surface area contributed by atoms with Gasteiger partial charge >= 0.3 is 7.82 Å². The first-order chi connectivity index (χ1) is 26.5. The fourth-order valence-electron chi connectivity index (χ4n) is 6.21. The Hall–Kier alpha value is -5.36. The van der Waals surface area contributed by atoms with Crippen molar-refractivity contribution in [3.63, 3.8) is 0 Å². The zero-order chi connectivity index (χ0) is 41.4. The van der Waals surface area contributed by atoms with Crippen LogP contribution in [0.25, 0.3) is 0 Å². The molecule has 0 unspecified atom stereocenters. The number of rotatable bonds is 22. The van der Waals surface area contributed by atoms with Gasteiger partial charge in [0.05, 0.1) is 0 Å². The number of carbonyl (C=O) groups excluding carboxylic acids is 7. The second-order valence-electron chi connectivity index (χ2n) is 13.4. The van der Waals surface area contributed by atoms with Crippen LogP contribution in [-0.4, -0.2) is 99.3 Å². The van der Waals surface area contributed by atoms with Gasteiger partial charge in [-0.3, -0.25) is 43.3 Å². The predicted molar refractivity (Wildman–Crippen MR) is 202 cm³/mol. The smallest absolute Gasteiger partial charge is 0.404 e. The van der Waals surface area contributed by atoms with Gasteiger partial charge in [0.1, 0.15) is 36.0 Å². The fraction of sp³-hybridized carbons (Fsp3) is 0.472. The van der Waals surface area contributed by atoms with Gasteiger partial charge in [-0.25, -0.2) is 4.57 Å². The molecule has 12 N–H and O–H groups in total. The summed E-state index contributed by atoms with van der Waals surface area (Å²) in [5, 5.41) is 10.5. The maximum Gasteiger partial charge on any atom is 0.524 e. The van der Waals surface area contributed by atoms with Crippen LogP contribution in [-0.2, 0) is 51.0 Å². The van der Waals surface area contributed by atoms with Crippen LogP contribution < -0.4 is 43.0 Å². The van der Waals surface area contributed by atoms with Gasteiger partial charge in [-0.2, -0.15) is 0 Å². The highest BCUT2D eigenvalue weighted by molar-refractivity contribution is 7.46. The van der Waals surface area contributed by atoms with E-state index in [-0.39, 0.29) is 50.8 Å². The summed E-state index contributed by atoms with van der Waals surface area (Å²) in [6, 6.07) is 8.52. The van der Waals surface area contributed by atoms with Crippen LogP contribution >= 0.6 is 7.82 Å². The summed E-state index contributed by atoms with van der Waals surface area (Å²) >= 11 is 0. The number of phosphoric acid groups is 1. The number of primary amides is 2. The molecular weight excluding hydrogens is 751 g/mol. The van der Waals surface area contributed by atoms with Crippen molar-refractivity contribution >= 4 is 49.2 Å². The second kappa shape index (κ2) is 21.7. The monoisotopic (exact) mass is 802 g/mol. The normalized spacial score (nSPS) is 16.1. The third kappa shape index (κ3) is 15.1. The number of phosphoric ester groups is 1. The predicted octanol–water partition coefficient (Wildman–Crippen LogP) is -1.23. The van der Waals surface area contributed by atoms with E-state index in [1.54, 1.807) is 30.3 Å². The molecule has 1 saturated heterocycles. The Labute approximate surface area is 324 Å². The molecule has 0 aromatic heterocycles. The average Bonchev–Trinajstić information content (AvgIpc) is 3.62. The van der Waals surface area contributed by atoms with Crippen molar-refractivity contribution in [3.05, 3.63) is 65.7 Å². The third-order valence-electron chi connectivity index (χ3n) is 8.94. The van der Waals surface area contributed by atoms with Crippen molar-refractivity contribution in [3.8, 4) is 5.75 Å². The molecule has 0 radical (unpaired) electrons. The maximum atomic E-state index is 14.2. The van der Waals surface area contributed by atoms with Crippen LogP contribution in [0.1, 0.15) is 63.0 Å². The lowest BCUT2D eigenvalue weighted by Crippen LogP contribution is -2.59. The fourth-order valence-corrected chi connectivity index (χ4v) is 6.61. The topological polar surface area (TPSA) is 316 Å². The molecule has 0 spiro atoms. The van der Waals surface area contributed by atoms with Crippen LogP contribution in [0.3, 0.4) is 0 Å². The molecule has 1 fully saturated rings. The van der Waals surface area contributed by atoms with Gasteiger partial charge in [0, 0.05) is 32.7 Å². The third-order valence-corrected chi connectivity index (χ3v) is 9.39. The Morgan fingerprint density at radius 2 is 1.39 bits per heavy atom. The molecular formula is C36H51N8O11P. The Morgan fingerprint density at radius 1 is 0.804 bits per heavy atom. The highest BCUT2D eigenvalue weighted by atomic mass is 31.2. The van der Waals surface area contributed by atoms with Crippen molar-refractivity contribution in [1.29, 1.82) is 0 Å². The molecule has 0 saturated carbocycles. The standard InChI is InChI=1S/C36H51N8O11P/c1-22(45)40-28(21-24-12-14-25(15-13-24)55-56(52,53)54)33(48)42-27(10-5-6-18-37)36(51)44-19-7-11-30(44)35(50)43-29(20-23-8-3-2-4-9-23)34(49)41-26(32(39)47)16-17-31(38)46/h2-4,8-9,12-15,26-30H,5-7,10-11,16-21,37H2,1H3,(H2,38,46)(H2,39,47)(H,40,45)(H,41,49)(H,42,48)(H,43,50)(H2,52,53,54)/t26-,27-,28-,29-,30-/m0/s1. The zero-order valence-corrected chi connectivity index (χ0v) is 32.0. The first-order valence-corrected chi connectivity index (χ1v) is 19.6. The van der Waals surface area contributed by atoms with Crippen molar-refractivity contribution in [2.24, 2.45) is 17.2 Å². The molecule has 3 rings (SSSR count). The molecule has 2 aromatic carbocycles. The minimum absolute atomic E-state index is 0.0160. The van der Waals surface area contributed by atoms with Crippen molar-refractivity contribution in [2.75, 3.05) is 13.1 Å². The molecule has 1 aliphatic rings. The Bertz CT molecular complexity index is 1740. The summed E-state index contributed by atoms with van der Waals surface area (Å²) < 4.78 is 15.7. The Morgan fingerprint density at radius 3 is 1.95 bits per heavy atom. The molecule has 0 bridgehead atoms. The summed E-state index contributed by atoms with van der Waals surface area (Å²) in [5.74, 6) is -4.87. The molecule has 19 nitrogen and oxygen atoms in total. The van der Waals surface area contributed by atoms with E-state index in [0.29, 0.717) is 36.9 Å². The SMILES string of the molecule is CC(=O)N[C@@H](Cc1ccc(OP(=O)(O)O)cc1)C(=O)N[C@@H](CCCCN)C(=O)N1CCC[C@H]1C(=O)N[C@@H](Cc1ccccc1)C(=O)N[C@@H](CCC(N)=O)C(N)=O. The van der Waals surface area contributed by atoms with Crippen molar-refractivity contribution < 1.29 is 52.4 Å². The molecule has 5 atom stereocenters. The van der Waals surface area contributed by atoms with Crippen LogP contribution in [0.5, 0.6) is 5.75 Å². The minimum Gasteiger partial charge on any atom is -0.404 e. The summed E-state index contributed by atoms with van der Waals surface area (Å²) in [6.07, 6.45) is 1.42. The summed E-state index contributed by atoms with van der Waals surface area (Å²) in [4.78, 5) is 110. The number of benzene rings is 2. The lowest BCUT2D eigenvalue weighted by molar-refractivity contribution is -0.142. The van der Waals surface area contributed by atoms with Gasteiger partial charge < -0.3 is 47.9 Å². The molecule has 1 aliphatic heterocycles. The van der Waals surface area contributed by atoms with E-state index < -0.39 is 79.4 Å². The van der Waals surface area contributed by atoms with Gasteiger partial charge in [-0.15, -0.1) is 0 Å². The summed E-state index contributed by atoms with van der Waals surface area (Å²) in [6.45, 7) is 1.71. The van der Waals surface area contributed by atoms with Gasteiger partial charge in [0.2, 0.25) is 41.4 Å². The van der Waals surface area contributed by atoms with E-state index in [1.807, 2.05) is 0 Å². The minimum atomic E-state index is -4.80. The number of hydrogen-bond acceptors (Lipinski definition) is 10. The van der Waals surface area contributed by atoms with E-state index in [9.17, 15) is 38.1 Å². The van der Waals surface area contributed by atoms with E-state index in [4.69, 9.17) is 27.0 Å². The lowest BCUT2D eigenvalue weighted by atomic mass is 10.0. The van der Waals surface area contributed by atoms with Crippen LogP contribution in [0.4, 0.5) is 0 Å². The van der Waals surface area contributed by atoms with Crippen LogP contribution in [0.15, 0.2) is 54.6 Å². The first-order valence-electron chi connectivity index (χ1n) is 18.1. The number of nitrogens with one attached hydrogen (secondary N) is 4. The molecule has 1 heterocycles. The molecule has 306 valence electrons. The average molecular weight is 803 g/mol. The maximum absolute atomic E-state index is 14.2. The van der Waals surface area contributed by atoms with E-state index in [1.165, 1.54) is 36.1 Å². The number of hydrogen-bond donors (Lipinski definition) is 9. The number of likely N-dealkylation sites (tertiary alicyclic amines) is 1. The van der Waals surface area contributed by atoms with Crippen LogP contribution in [0.2, 0.25) is 0 Å².